The van der Waals surface area contributed by atoms with Crippen LogP contribution < -0.4 is 10.2 Å². The Kier molecular flexibility index (Phi) is 3.33. The van der Waals surface area contributed by atoms with E-state index in [1.165, 1.54) is 19.2 Å². The number of aromatic carboxylic acids is 1. The van der Waals surface area contributed by atoms with E-state index in [9.17, 15) is 4.79 Å². The molecule has 0 unspecified atom stereocenters. The standard InChI is InChI=1S/C9H11BO5/c1-5-3-6(10(13)14)4-7(15-2)8(5)9(11)12/h3-4,13-14H,1-2H3,(H,11,12). The predicted molar refractivity (Wildman–Crippen MR) is 54.5 cm³/mol. The molecule has 0 aliphatic rings. The molecule has 0 spiro atoms. The topological polar surface area (TPSA) is 87.0 Å². The fourth-order valence-corrected chi connectivity index (χ4v) is 1.37. The van der Waals surface area contributed by atoms with E-state index in [-0.39, 0.29) is 16.8 Å². The summed E-state index contributed by atoms with van der Waals surface area (Å²) in [5, 5.41) is 26.8. The first-order valence-electron chi connectivity index (χ1n) is 4.25. The number of benzene rings is 1. The second-order valence-electron chi connectivity index (χ2n) is 3.09. The molecule has 0 radical (unpaired) electrons. The molecule has 0 bridgehead atoms. The number of ether oxygens (including phenoxy) is 1. The minimum Gasteiger partial charge on any atom is -0.496 e. The molecule has 0 fully saturated rings. The highest BCUT2D eigenvalue weighted by molar-refractivity contribution is 6.58. The van der Waals surface area contributed by atoms with E-state index >= 15 is 0 Å². The first kappa shape index (κ1) is 11.5. The van der Waals surface area contributed by atoms with Gasteiger partial charge in [-0.3, -0.25) is 0 Å². The van der Waals surface area contributed by atoms with E-state index in [0.717, 1.165) is 0 Å². The minimum absolute atomic E-state index is 0.0295. The van der Waals surface area contributed by atoms with Crippen LogP contribution in [-0.2, 0) is 0 Å². The van der Waals surface area contributed by atoms with Crippen molar-refractivity contribution in [2.45, 2.75) is 6.92 Å². The molecule has 0 heterocycles. The average molecular weight is 210 g/mol. The summed E-state index contributed by atoms with van der Waals surface area (Å²) in [6.07, 6.45) is 0. The van der Waals surface area contributed by atoms with Crippen LogP contribution in [0.2, 0.25) is 0 Å². The van der Waals surface area contributed by atoms with Crippen LogP contribution in [0.1, 0.15) is 15.9 Å². The fourth-order valence-electron chi connectivity index (χ4n) is 1.37. The number of carbonyl (C=O) groups is 1. The summed E-state index contributed by atoms with van der Waals surface area (Å²) in [7, 11) is -0.310. The van der Waals surface area contributed by atoms with Gasteiger partial charge in [-0.2, -0.15) is 0 Å². The van der Waals surface area contributed by atoms with Crippen LogP contribution >= 0.6 is 0 Å². The monoisotopic (exact) mass is 210 g/mol. The van der Waals surface area contributed by atoms with Crippen molar-refractivity contribution < 1.29 is 24.7 Å². The lowest BCUT2D eigenvalue weighted by Gasteiger charge is -2.10. The van der Waals surface area contributed by atoms with E-state index in [0.29, 0.717) is 5.56 Å². The number of carboxylic acid groups (broad SMARTS) is 1. The molecule has 0 atom stereocenters. The maximum Gasteiger partial charge on any atom is 0.488 e. The Labute approximate surface area is 87.1 Å². The molecule has 0 aliphatic heterocycles. The van der Waals surface area contributed by atoms with Crippen molar-refractivity contribution in [3.63, 3.8) is 0 Å². The van der Waals surface area contributed by atoms with Gasteiger partial charge in [0.25, 0.3) is 0 Å². The second kappa shape index (κ2) is 4.33. The Bertz CT molecular complexity index is 388. The zero-order valence-electron chi connectivity index (χ0n) is 8.39. The first-order valence-corrected chi connectivity index (χ1v) is 4.25. The van der Waals surface area contributed by atoms with Crippen LogP contribution in [-0.4, -0.2) is 35.4 Å². The molecule has 5 nitrogen and oxygen atoms in total. The zero-order valence-corrected chi connectivity index (χ0v) is 8.39. The molecule has 1 rings (SSSR count). The van der Waals surface area contributed by atoms with Gasteiger partial charge in [-0.1, -0.05) is 6.07 Å². The fraction of sp³-hybridized carbons (Fsp3) is 0.222. The van der Waals surface area contributed by atoms with Crippen LogP contribution in [0, 0.1) is 6.92 Å². The molecule has 6 heteroatoms. The van der Waals surface area contributed by atoms with Crippen molar-refractivity contribution >= 4 is 18.6 Å². The van der Waals surface area contributed by atoms with Gasteiger partial charge in [0, 0.05) is 0 Å². The van der Waals surface area contributed by atoms with Crippen molar-refractivity contribution in [1.82, 2.24) is 0 Å². The quantitative estimate of drug-likeness (QED) is 0.578. The molecule has 0 aliphatic carbocycles. The van der Waals surface area contributed by atoms with E-state index < -0.39 is 13.1 Å². The SMILES string of the molecule is COc1cc(B(O)O)cc(C)c1C(=O)O. The Morgan fingerprint density at radius 1 is 1.40 bits per heavy atom. The molecule has 0 amide bonds. The number of rotatable bonds is 3. The van der Waals surface area contributed by atoms with E-state index in [1.54, 1.807) is 6.92 Å². The van der Waals surface area contributed by atoms with E-state index in [4.69, 9.17) is 19.9 Å². The van der Waals surface area contributed by atoms with Gasteiger partial charge in [-0.15, -0.1) is 0 Å². The van der Waals surface area contributed by atoms with Crippen LogP contribution in [0.5, 0.6) is 5.75 Å². The van der Waals surface area contributed by atoms with Crippen LogP contribution in [0.4, 0.5) is 0 Å². The third-order valence-electron chi connectivity index (χ3n) is 2.05. The summed E-state index contributed by atoms with van der Waals surface area (Å²) >= 11 is 0. The number of aryl methyl sites for hydroxylation is 1. The molecule has 80 valence electrons. The molecular weight excluding hydrogens is 199 g/mol. The number of methoxy groups -OCH3 is 1. The molecule has 1 aromatic carbocycles. The van der Waals surface area contributed by atoms with Crippen LogP contribution in [0.15, 0.2) is 12.1 Å². The molecule has 3 N–H and O–H groups in total. The largest absolute Gasteiger partial charge is 0.496 e. The summed E-state index contributed by atoms with van der Waals surface area (Å²) in [4.78, 5) is 10.9. The third kappa shape index (κ3) is 2.29. The Hall–Kier alpha value is -1.53. The van der Waals surface area contributed by atoms with Crippen molar-refractivity contribution in [2.75, 3.05) is 7.11 Å². The lowest BCUT2D eigenvalue weighted by atomic mass is 9.78. The third-order valence-corrected chi connectivity index (χ3v) is 2.05. The highest BCUT2D eigenvalue weighted by atomic mass is 16.5. The Balaban J connectivity index is 3.37. The van der Waals surface area contributed by atoms with Gasteiger partial charge in [0.15, 0.2) is 0 Å². The van der Waals surface area contributed by atoms with Gasteiger partial charge >= 0.3 is 13.1 Å². The van der Waals surface area contributed by atoms with E-state index in [2.05, 4.69) is 0 Å². The normalized spacial score (nSPS) is 9.87. The molecular formula is C9H11BO5. The predicted octanol–water partition coefficient (Wildman–Crippen LogP) is -0.618. The van der Waals surface area contributed by atoms with Gasteiger partial charge in [-0.05, 0) is 24.0 Å². The number of hydrogen-bond donors (Lipinski definition) is 3. The first-order chi connectivity index (χ1) is 6.97. The average Bonchev–Trinajstić information content (AvgIpc) is 2.15. The molecule has 15 heavy (non-hydrogen) atoms. The lowest BCUT2D eigenvalue weighted by Crippen LogP contribution is -2.30. The molecule has 0 saturated carbocycles. The zero-order chi connectivity index (χ0) is 11.6. The Morgan fingerprint density at radius 2 is 2.00 bits per heavy atom. The van der Waals surface area contributed by atoms with Crippen LogP contribution in [0.3, 0.4) is 0 Å². The highest BCUT2D eigenvalue weighted by Crippen LogP contribution is 2.20. The maximum atomic E-state index is 10.9. The molecule has 0 saturated heterocycles. The van der Waals surface area contributed by atoms with Gasteiger partial charge in [-0.25, -0.2) is 4.79 Å². The molecule has 0 aromatic heterocycles. The van der Waals surface area contributed by atoms with E-state index in [1.807, 2.05) is 0 Å². The van der Waals surface area contributed by atoms with Crippen molar-refractivity contribution in [2.24, 2.45) is 0 Å². The number of carboxylic acids is 1. The summed E-state index contributed by atoms with van der Waals surface area (Å²) in [5.74, 6) is -0.992. The summed E-state index contributed by atoms with van der Waals surface area (Å²) < 4.78 is 4.88. The van der Waals surface area contributed by atoms with Gasteiger partial charge < -0.3 is 19.9 Å². The second-order valence-corrected chi connectivity index (χ2v) is 3.09. The number of hydrogen-bond acceptors (Lipinski definition) is 4. The lowest BCUT2D eigenvalue weighted by molar-refractivity contribution is 0.0692. The van der Waals surface area contributed by atoms with Gasteiger partial charge in [0.2, 0.25) is 0 Å². The smallest absolute Gasteiger partial charge is 0.488 e. The van der Waals surface area contributed by atoms with Crippen molar-refractivity contribution in [1.29, 1.82) is 0 Å². The summed E-state index contributed by atoms with van der Waals surface area (Å²) in [6, 6.07) is 2.69. The highest BCUT2D eigenvalue weighted by Gasteiger charge is 2.19. The van der Waals surface area contributed by atoms with Crippen molar-refractivity contribution in [3.8, 4) is 5.75 Å². The Morgan fingerprint density at radius 3 is 2.40 bits per heavy atom. The summed E-state index contributed by atoms with van der Waals surface area (Å²) in [5.41, 5.74) is 0.654. The maximum absolute atomic E-state index is 10.9. The van der Waals surface area contributed by atoms with Gasteiger partial charge in [0.05, 0.1) is 7.11 Å². The van der Waals surface area contributed by atoms with Gasteiger partial charge in [0.1, 0.15) is 11.3 Å². The molecule has 1 aromatic rings. The summed E-state index contributed by atoms with van der Waals surface area (Å²) in [6.45, 7) is 1.57. The van der Waals surface area contributed by atoms with Crippen LogP contribution in [0.25, 0.3) is 0 Å². The van der Waals surface area contributed by atoms with Crippen molar-refractivity contribution in [3.05, 3.63) is 23.3 Å². The minimum atomic E-state index is -1.64.